The molecule has 0 aromatic heterocycles. The Balaban J connectivity index is 2.41. The molecular formula is C17H18O9S2. The Morgan fingerprint density at radius 2 is 1.43 bits per heavy atom. The van der Waals surface area contributed by atoms with Crippen molar-refractivity contribution in [3.8, 4) is 23.0 Å². The second-order valence-electron chi connectivity index (χ2n) is 6.29. The van der Waals surface area contributed by atoms with Crippen LogP contribution in [0.1, 0.15) is 22.3 Å². The summed E-state index contributed by atoms with van der Waals surface area (Å²) in [6, 6.07) is 3.17. The molecule has 0 aliphatic carbocycles. The van der Waals surface area contributed by atoms with E-state index in [4.69, 9.17) is 14.2 Å². The Labute approximate surface area is 162 Å². The largest absolute Gasteiger partial charge is 0.493 e. The van der Waals surface area contributed by atoms with E-state index in [1.54, 1.807) is 13.0 Å². The molecule has 0 fully saturated rings. The van der Waals surface area contributed by atoms with E-state index < -0.39 is 30.0 Å². The summed E-state index contributed by atoms with van der Waals surface area (Å²) in [6.45, 7) is 3.17. The van der Waals surface area contributed by atoms with Crippen molar-refractivity contribution in [2.75, 3.05) is 14.2 Å². The Morgan fingerprint density at radius 3 is 1.93 bits per heavy atom. The van der Waals surface area contributed by atoms with Crippen LogP contribution in [0.25, 0.3) is 0 Å². The Morgan fingerprint density at radius 1 is 0.893 bits per heavy atom. The molecule has 0 bridgehead atoms. The van der Waals surface area contributed by atoms with E-state index >= 15 is 0 Å². The van der Waals surface area contributed by atoms with Crippen molar-refractivity contribution < 1.29 is 40.2 Å². The molecule has 11 heteroatoms. The number of ether oxygens (including phenoxy) is 3. The summed E-state index contributed by atoms with van der Waals surface area (Å²) in [7, 11) is -7.01. The van der Waals surface area contributed by atoms with E-state index in [0.717, 1.165) is 0 Å². The molecule has 0 radical (unpaired) electrons. The molecule has 2 N–H and O–H groups in total. The van der Waals surface area contributed by atoms with Crippen molar-refractivity contribution in [1.29, 1.82) is 0 Å². The van der Waals surface area contributed by atoms with Gasteiger partial charge in [0.1, 0.15) is 4.90 Å². The molecule has 0 saturated carbocycles. The fourth-order valence-electron chi connectivity index (χ4n) is 3.26. The predicted molar refractivity (Wildman–Crippen MR) is 98.0 cm³/mol. The molecule has 3 rings (SSSR count). The summed E-state index contributed by atoms with van der Waals surface area (Å²) in [5, 5.41) is 0. The molecule has 1 aliphatic rings. The van der Waals surface area contributed by atoms with Gasteiger partial charge in [-0.05, 0) is 31.0 Å². The zero-order valence-corrected chi connectivity index (χ0v) is 17.1. The molecule has 0 atom stereocenters. The van der Waals surface area contributed by atoms with E-state index in [1.165, 1.54) is 27.2 Å². The highest BCUT2D eigenvalue weighted by molar-refractivity contribution is 7.86. The van der Waals surface area contributed by atoms with Crippen LogP contribution in [0.15, 0.2) is 21.9 Å². The first kappa shape index (κ1) is 20.4. The zero-order chi connectivity index (χ0) is 21.0. The highest BCUT2D eigenvalue weighted by atomic mass is 32.2. The number of aryl methyl sites for hydroxylation is 1. The molecule has 0 amide bonds. The monoisotopic (exact) mass is 430 g/mol. The van der Waals surface area contributed by atoms with Gasteiger partial charge >= 0.3 is 10.1 Å². The molecule has 0 unspecified atom stereocenters. The second kappa shape index (κ2) is 6.62. The molecule has 0 spiro atoms. The molecule has 152 valence electrons. The van der Waals surface area contributed by atoms with Crippen LogP contribution in [-0.4, -0.2) is 40.2 Å². The van der Waals surface area contributed by atoms with Gasteiger partial charge in [0, 0.05) is 17.5 Å². The number of methoxy groups -OCH3 is 2. The molecule has 0 saturated heterocycles. The zero-order valence-electron chi connectivity index (χ0n) is 15.4. The third-order valence-corrected chi connectivity index (χ3v) is 6.47. The molecule has 28 heavy (non-hydrogen) atoms. The molecule has 9 nitrogen and oxygen atoms in total. The van der Waals surface area contributed by atoms with Crippen LogP contribution in [0.2, 0.25) is 0 Å². The van der Waals surface area contributed by atoms with Gasteiger partial charge in [0.25, 0.3) is 10.1 Å². The number of hydrogen-bond donors (Lipinski definition) is 2. The van der Waals surface area contributed by atoms with Crippen LogP contribution in [0, 0.1) is 13.8 Å². The lowest BCUT2D eigenvalue weighted by Gasteiger charge is -2.26. The Kier molecular flexibility index (Phi) is 4.82. The number of benzene rings is 2. The smallest absolute Gasteiger partial charge is 0.302 e. The fraction of sp³-hybridized carbons (Fsp3) is 0.294. The fourth-order valence-corrected chi connectivity index (χ4v) is 5.04. The van der Waals surface area contributed by atoms with Gasteiger partial charge in [0.05, 0.1) is 14.2 Å². The van der Waals surface area contributed by atoms with Gasteiger partial charge < -0.3 is 14.2 Å². The Hall–Kier alpha value is -2.34. The predicted octanol–water partition coefficient (Wildman–Crippen LogP) is 2.51. The number of hydrogen-bond acceptors (Lipinski definition) is 7. The molecular weight excluding hydrogens is 412 g/mol. The van der Waals surface area contributed by atoms with Crippen molar-refractivity contribution in [1.82, 2.24) is 0 Å². The highest BCUT2D eigenvalue weighted by Crippen LogP contribution is 2.50. The summed E-state index contributed by atoms with van der Waals surface area (Å²) in [4.78, 5) is -1.14. The second-order valence-corrected chi connectivity index (χ2v) is 9.01. The molecule has 1 aliphatic heterocycles. The normalized spacial score (nSPS) is 13.4. The summed E-state index contributed by atoms with van der Waals surface area (Å²) < 4.78 is 83.3. The van der Waals surface area contributed by atoms with Gasteiger partial charge in [-0.15, -0.1) is 0 Å². The van der Waals surface area contributed by atoms with Crippen LogP contribution in [0.4, 0.5) is 0 Å². The average molecular weight is 430 g/mol. The minimum atomic E-state index is -4.83. The Bertz CT molecular complexity index is 1200. The van der Waals surface area contributed by atoms with E-state index in [0.29, 0.717) is 16.7 Å². The minimum absolute atomic E-state index is 0.0553. The number of fused-ring (bicyclic) bond motifs is 2. The topological polar surface area (TPSA) is 136 Å². The first-order valence-electron chi connectivity index (χ1n) is 7.93. The van der Waals surface area contributed by atoms with E-state index in [1.807, 2.05) is 0 Å². The van der Waals surface area contributed by atoms with Crippen LogP contribution < -0.4 is 14.2 Å². The number of rotatable bonds is 4. The lowest BCUT2D eigenvalue weighted by molar-refractivity contribution is 0.334. The van der Waals surface area contributed by atoms with Crippen molar-refractivity contribution >= 4 is 20.2 Å². The van der Waals surface area contributed by atoms with Crippen molar-refractivity contribution in [2.45, 2.75) is 30.1 Å². The van der Waals surface area contributed by atoms with Gasteiger partial charge in [-0.1, -0.05) is 6.07 Å². The van der Waals surface area contributed by atoms with E-state index in [9.17, 15) is 25.9 Å². The summed E-state index contributed by atoms with van der Waals surface area (Å²) >= 11 is 0. The SMILES string of the molecule is COc1cc2c(c(S(=O)(=O)O)c1OC)Oc1c(cc(C)c(C)c1S(=O)(=O)O)C2. The quantitative estimate of drug-likeness (QED) is 0.598. The van der Waals surface area contributed by atoms with Gasteiger partial charge in [0.15, 0.2) is 27.9 Å². The maximum absolute atomic E-state index is 12.0. The van der Waals surface area contributed by atoms with Crippen molar-refractivity contribution in [2.24, 2.45) is 0 Å². The van der Waals surface area contributed by atoms with Crippen LogP contribution in [0.5, 0.6) is 23.0 Å². The third kappa shape index (κ3) is 3.20. The average Bonchev–Trinajstić information content (AvgIpc) is 2.57. The minimum Gasteiger partial charge on any atom is -0.493 e. The lowest BCUT2D eigenvalue weighted by Crippen LogP contribution is -2.15. The van der Waals surface area contributed by atoms with E-state index in [-0.39, 0.29) is 35.0 Å². The summed E-state index contributed by atoms with van der Waals surface area (Å²) in [5.41, 5.74) is 1.63. The van der Waals surface area contributed by atoms with Crippen LogP contribution >= 0.6 is 0 Å². The standard InChI is InChI=1S/C17H18O9S2/c1-8-5-10-6-11-7-12(24-3)15(25-4)17(28(21,22)23)14(11)26-13(10)16(9(8)2)27(18,19)20/h5,7H,6H2,1-4H3,(H,18,19,20)(H,21,22,23). The summed E-state index contributed by atoms with van der Waals surface area (Å²) in [6.07, 6.45) is 0.0805. The van der Waals surface area contributed by atoms with Gasteiger partial charge in [-0.3, -0.25) is 9.11 Å². The molecule has 1 heterocycles. The first-order valence-corrected chi connectivity index (χ1v) is 10.8. The van der Waals surface area contributed by atoms with Crippen LogP contribution in [-0.2, 0) is 26.7 Å². The third-order valence-electron chi connectivity index (χ3n) is 4.58. The molecule has 2 aromatic rings. The van der Waals surface area contributed by atoms with Gasteiger partial charge in [-0.2, -0.15) is 16.8 Å². The molecule has 2 aromatic carbocycles. The van der Waals surface area contributed by atoms with Crippen molar-refractivity contribution in [3.05, 3.63) is 34.4 Å². The van der Waals surface area contributed by atoms with Crippen molar-refractivity contribution in [3.63, 3.8) is 0 Å². The van der Waals surface area contributed by atoms with Gasteiger partial charge in [0.2, 0.25) is 0 Å². The lowest BCUT2D eigenvalue weighted by atomic mass is 9.96. The maximum Gasteiger partial charge on any atom is 0.302 e. The summed E-state index contributed by atoms with van der Waals surface area (Å²) in [5.74, 6) is -0.722. The van der Waals surface area contributed by atoms with Crippen LogP contribution in [0.3, 0.4) is 0 Å². The first-order chi connectivity index (χ1) is 12.9. The highest BCUT2D eigenvalue weighted by Gasteiger charge is 2.35. The van der Waals surface area contributed by atoms with E-state index in [2.05, 4.69) is 0 Å². The maximum atomic E-state index is 12.0. The van der Waals surface area contributed by atoms with Gasteiger partial charge in [-0.25, -0.2) is 0 Å².